The zero-order chi connectivity index (χ0) is 18.5. The summed E-state index contributed by atoms with van der Waals surface area (Å²) in [5.41, 5.74) is 1.00. The summed E-state index contributed by atoms with van der Waals surface area (Å²) in [6.07, 6.45) is 5.62. The van der Waals surface area contributed by atoms with Crippen molar-refractivity contribution < 1.29 is 4.74 Å². The standard InChI is InChI=1S/C17H28N8O/c1-23(2)14-11-25(12-15(14)26-4)16-7-9-19-17(21-16)18-8-5-6-13-10-20-24(3)22-13/h7,9-10,14-15H,5-6,8,11-12H2,1-4H3,(H,18,19,21)/t14-,15+/m0/s1. The van der Waals surface area contributed by atoms with E-state index in [-0.39, 0.29) is 6.10 Å². The Morgan fingerprint density at radius 3 is 2.85 bits per heavy atom. The summed E-state index contributed by atoms with van der Waals surface area (Å²) in [6, 6.07) is 2.31. The normalized spacial score (nSPS) is 20.1. The molecule has 1 saturated heterocycles. The minimum atomic E-state index is 0.184. The van der Waals surface area contributed by atoms with Gasteiger partial charge in [-0.1, -0.05) is 0 Å². The second-order valence-corrected chi connectivity index (χ2v) is 6.80. The van der Waals surface area contributed by atoms with Crippen molar-refractivity contribution in [2.45, 2.75) is 25.0 Å². The van der Waals surface area contributed by atoms with Gasteiger partial charge in [0.1, 0.15) is 5.82 Å². The van der Waals surface area contributed by atoms with Gasteiger partial charge < -0.3 is 19.9 Å². The Bertz CT molecular complexity index is 704. The zero-order valence-electron chi connectivity index (χ0n) is 16.0. The summed E-state index contributed by atoms with van der Waals surface area (Å²) in [5, 5.41) is 11.7. The van der Waals surface area contributed by atoms with Crippen LogP contribution >= 0.6 is 0 Å². The van der Waals surface area contributed by atoms with E-state index in [9.17, 15) is 0 Å². The maximum absolute atomic E-state index is 5.64. The summed E-state index contributed by atoms with van der Waals surface area (Å²) in [5.74, 6) is 1.59. The summed E-state index contributed by atoms with van der Waals surface area (Å²) in [6.45, 7) is 2.53. The first-order valence-electron chi connectivity index (χ1n) is 8.93. The Morgan fingerprint density at radius 1 is 1.35 bits per heavy atom. The molecule has 9 heteroatoms. The molecule has 0 aliphatic carbocycles. The van der Waals surface area contributed by atoms with Gasteiger partial charge in [-0.05, 0) is 33.0 Å². The molecular weight excluding hydrogens is 332 g/mol. The average Bonchev–Trinajstić information content (AvgIpc) is 3.25. The Balaban J connectivity index is 1.53. The van der Waals surface area contributed by atoms with Crippen molar-refractivity contribution in [1.82, 2.24) is 29.9 Å². The predicted molar refractivity (Wildman–Crippen MR) is 100 cm³/mol. The van der Waals surface area contributed by atoms with Crippen LogP contribution in [0.25, 0.3) is 0 Å². The lowest BCUT2D eigenvalue weighted by atomic mass is 10.2. The van der Waals surface area contributed by atoms with Crippen LogP contribution in [-0.4, -0.2) is 82.8 Å². The topological polar surface area (TPSA) is 84.2 Å². The number of nitrogens with one attached hydrogen (secondary N) is 1. The highest BCUT2D eigenvalue weighted by molar-refractivity contribution is 5.44. The third kappa shape index (κ3) is 4.47. The third-order valence-corrected chi connectivity index (χ3v) is 4.71. The van der Waals surface area contributed by atoms with Crippen molar-refractivity contribution >= 4 is 11.8 Å². The number of aromatic nitrogens is 5. The second kappa shape index (κ2) is 8.41. The van der Waals surface area contributed by atoms with Gasteiger partial charge in [0.2, 0.25) is 5.95 Å². The van der Waals surface area contributed by atoms with Crippen molar-refractivity contribution in [3.05, 3.63) is 24.2 Å². The quantitative estimate of drug-likeness (QED) is 0.678. The van der Waals surface area contributed by atoms with Gasteiger partial charge in [0.15, 0.2) is 0 Å². The number of ether oxygens (including phenoxy) is 1. The zero-order valence-corrected chi connectivity index (χ0v) is 16.0. The minimum Gasteiger partial charge on any atom is -0.378 e. The molecule has 0 bridgehead atoms. The van der Waals surface area contributed by atoms with Gasteiger partial charge in [0, 0.05) is 40.0 Å². The molecule has 0 spiro atoms. The lowest BCUT2D eigenvalue weighted by Crippen LogP contribution is -2.39. The smallest absolute Gasteiger partial charge is 0.224 e. The van der Waals surface area contributed by atoms with E-state index >= 15 is 0 Å². The van der Waals surface area contributed by atoms with Crippen molar-refractivity contribution in [1.29, 1.82) is 0 Å². The number of methoxy groups -OCH3 is 1. The molecule has 0 unspecified atom stereocenters. The van der Waals surface area contributed by atoms with Crippen LogP contribution in [0.3, 0.4) is 0 Å². The molecule has 3 rings (SSSR count). The highest BCUT2D eigenvalue weighted by atomic mass is 16.5. The van der Waals surface area contributed by atoms with E-state index in [4.69, 9.17) is 4.74 Å². The van der Waals surface area contributed by atoms with Gasteiger partial charge in [0.05, 0.1) is 24.0 Å². The first-order valence-corrected chi connectivity index (χ1v) is 8.93. The first kappa shape index (κ1) is 18.5. The number of hydrogen-bond acceptors (Lipinski definition) is 8. The number of nitrogens with zero attached hydrogens (tertiary/aromatic N) is 7. The average molecular weight is 360 g/mol. The van der Waals surface area contributed by atoms with Crippen LogP contribution in [0.1, 0.15) is 12.1 Å². The second-order valence-electron chi connectivity index (χ2n) is 6.80. The molecule has 142 valence electrons. The van der Waals surface area contributed by atoms with Crippen molar-refractivity contribution in [3.63, 3.8) is 0 Å². The Labute approximate surface area is 154 Å². The van der Waals surface area contributed by atoms with Gasteiger partial charge in [-0.15, -0.1) is 0 Å². The number of likely N-dealkylation sites (N-methyl/N-ethyl adjacent to an activating group) is 1. The van der Waals surface area contributed by atoms with Crippen molar-refractivity contribution in [2.24, 2.45) is 7.05 Å². The molecule has 26 heavy (non-hydrogen) atoms. The van der Waals surface area contributed by atoms with Crippen LogP contribution in [-0.2, 0) is 18.2 Å². The molecule has 2 atom stereocenters. The Hall–Kier alpha value is -2.26. The Morgan fingerprint density at radius 2 is 2.19 bits per heavy atom. The van der Waals surface area contributed by atoms with Crippen LogP contribution in [0.15, 0.2) is 18.5 Å². The highest BCUT2D eigenvalue weighted by Crippen LogP contribution is 2.22. The molecule has 0 saturated carbocycles. The van der Waals surface area contributed by atoms with E-state index in [1.165, 1.54) is 0 Å². The van der Waals surface area contributed by atoms with Crippen LogP contribution in [0.4, 0.5) is 11.8 Å². The number of rotatable bonds is 8. The fourth-order valence-corrected chi connectivity index (χ4v) is 3.25. The fraction of sp³-hybridized carbons (Fsp3) is 0.647. The van der Waals surface area contributed by atoms with Gasteiger partial charge in [-0.3, -0.25) is 0 Å². The van der Waals surface area contributed by atoms with Gasteiger partial charge in [-0.25, -0.2) is 4.98 Å². The molecule has 0 amide bonds. The summed E-state index contributed by atoms with van der Waals surface area (Å²) >= 11 is 0. The van der Waals surface area contributed by atoms with Crippen molar-refractivity contribution in [3.8, 4) is 0 Å². The van der Waals surface area contributed by atoms with Gasteiger partial charge in [-0.2, -0.15) is 20.0 Å². The van der Waals surface area contributed by atoms with Crippen LogP contribution in [0.2, 0.25) is 0 Å². The van der Waals surface area contributed by atoms with E-state index in [2.05, 4.69) is 49.4 Å². The molecule has 3 heterocycles. The lowest BCUT2D eigenvalue weighted by molar-refractivity contribution is 0.0639. The molecule has 2 aromatic rings. The third-order valence-electron chi connectivity index (χ3n) is 4.71. The summed E-state index contributed by atoms with van der Waals surface area (Å²) < 4.78 is 5.64. The van der Waals surface area contributed by atoms with Gasteiger partial charge >= 0.3 is 0 Å². The molecule has 1 aliphatic heterocycles. The maximum atomic E-state index is 5.64. The van der Waals surface area contributed by atoms with E-state index in [0.29, 0.717) is 12.0 Å². The van der Waals surface area contributed by atoms with Gasteiger partial charge in [0.25, 0.3) is 0 Å². The molecule has 2 aromatic heterocycles. The molecule has 0 aromatic carbocycles. The molecule has 1 N–H and O–H groups in total. The van der Waals surface area contributed by atoms with Crippen LogP contribution < -0.4 is 10.2 Å². The van der Waals surface area contributed by atoms with E-state index in [0.717, 1.165) is 44.0 Å². The number of anilines is 2. The first-order chi connectivity index (χ1) is 12.6. The molecule has 9 nitrogen and oxygen atoms in total. The van der Waals surface area contributed by atoms with E-state index < -0.39 is 0 Å². The fourth-order valence-electron chi connectivity index (χ4n) is 3.25. The van der Waals surface area contributed by atoms with Crippen LogP contribution in [0, 0.1) is 0 Å². The molecule has 1 fully saturated rings. The maximum Gasteiger partial charge on any atom is 0.224 e. The van der Waals surface area contributed by atoms with Crippen LogP contribution in [0.5, 0.6) is 0 Å². The van der Waals surface area contributed by atoms with E-state index in [1.807, 2.05) is 13.1 Å². The SMILES string of the molecule is CO[C@@H]1CN(c2ccnc(NCCCc3cnn(C)n3)n2)C[C@@H]1N(C)C. The monoisotopic (exact) mass is 360 g/mol. The predicted octanol–water partition coefficient (Wildman–Crippen LogP) is 0.415. The van der Waals surface area contributed by atoms with E-state index in [1.54, 1.807) is 24.3 Å². The lowest BCUT2D eigenvalue weighted by Gasteiger charge is -2.23. The summed E-state index contributed by atoms with van der Waals surface area (Å²) in [4.78, 5) is 15.0. The molecule has 1 aliphatic rings. The molecular formula is C17H28N8O. The molecule has 0 radical (unpaired) electrons. The van der Waals surface area contributed by atoms with Crippen molar-refractivity contribution in [2.75, 3.05) is 51.1 Å². The highest BCUT2D eigenvalue weighted by Gasteiger charge is 2.34. The largest absolute Gasteiger partial charge is 0.378 e. The number of aryl methyl sites for hydroxylation is 2. The number of hydrogen-bond donors (Lipinski definition) is 1. The summed E-state index contributed by atoms with van der Waals surface area (Å²) in [7, 11) is 7.78. The Kier molecular flexibility index (Phi) is 6.00. The minimum absolute atomic E-state index is 0.184.